The molecule has 1 aliphatic rings. The summed E-state index contributed by atoms with van der Waals surface area (Å²) >= 11 is 0. The summed E-state index contributed by atoms with van der Waals surface area (Å²) < 4.78 is 26.3. The third kappa shape index (κ3) is 3.00. The highest BCUT2D eigenvalue weighted by molar-refractivity contribution is 7.89. The summed E-state index contributed by atoms with van der Waals surface area (Å²) in [6, 6.07) is 5.80. The van der Waals surface area contributed by atoms with Crippen molar-refractivity contribution in [1.82, 2.24) is 9.62 Å². The second-order valence-corrected chi connectivity index (χ2v) is 6.56. The molecule has 0 aromatic heterocycles. The predicted molar refractivity (Wildman–Crippen MR) is 73.8 cm³/mol. The second-order valence-electron chi connectivity index (χ2n) is 4.67. The minimum absolute atomic E-state index is 0.00855. The second kappa shape index (κ2) is 5.90. The summed E-state index contributed by atoms with van der Waals surface area (Å²) in [5, 5.41) is 11.5. The third-order valence-corrected chi connectivity index (χ3v) is 5.19. The SMILES string of the molecule is CNC(=O)c1ccc(S(=O)(=O)N(CCO)C2CC2)cc1. The minimum atomic E-state index is -3.61. The van der Waals surface area contributed by atoms with Crippen LogP contribution in [0.5, 0.6) is 0 Å². The Labute approximate surface area is 118 Å². The average Bonchev–Trinajstić information content (AvgIpc) is 3.28. The Morgan fingerprint density at radius 2 is 1.95 bits per heavy atom. The standard InChI is InChI=1S/C13H18N2O4S/c1-14-13(17)10-2-6-12(7-3-10)20(18,19)15(8-9-16)11-4-5-11/h2-3,6-7,11,16H,4-5,8-9H2,1H3,(H,14,17). The Balaban J connectivity index is 2.26. The van der Waals surface area contributed by atoms with Crippen LogP contribution >= 0.6 is 0 Å². The molecule has 0 radical (unpaired) electrons. The number of nitrogens with zero attached hydrogens (tertiary/aromatic N) is 1. The highest BCUT2D eigenvalue weighted by Gasteiger charge is 2.37. The summed E-state index contributed by atoms with van der Waals surface area (Å²) in [5.74, 6) is -0.261. The van der Waals surface area contributed by atoms with Crippen molar-refractivity contribution in [3.8, 4) is 0 Å². The Morgan fingerprint density at radius 3 is 2.40 bits per heavy atom. The first-order chi connectivity index (χ1) is 9.50. The topological polar surface area (TPSA) is 86.7 Å². The number of hydrogen-bond donors (Lipinski definition) is 2. The van der Waals surface area contributed by atoms with E-state index >= 15 is 0 Å². The van der Waals surface area contributed by atoms with Crippen LogP contribution in [0.25, 0.3) is 0 Å². The van der Waals surface area contributed by atoms with E-state index in [1.54, 1.807) is 0 Å². The van der Waals surface area contributed by atoms with Crippen molar-refractivity contribution >= 4 is 15.9 Å². The fourth-order valence-corrected chi connectivity index (χ4v) is 3.69. The quantitative estimate of drug-likeness (QED) is 0.785. The fraction of sp³-hybridized carbons (Fsp3) is 0.462. The lowest BCUT2D eigenvalue weighted by Crippen LogP contribution is -2.35. The Kier molecular flexibility index (Phi) is 4.42. The van der Waals surface area contributed by atoms with Crippen LogP contribution in [0, 0.1) is 0 Å². The zero-order valence-corrected chi connectivity index (χ0v) is 12.1. The van der Waals surface area contributed by atoms with Crippen LogP contribution in [0.2, 0.25) is 0 Å². The smallest absolute Gasteiger partial charge is 0.251 e. The van der Waals surface area contributed by atoms with E-state index in [4.69, 9.17) is 5.11 Å². The molecule has 0 aliphatic heterocycles. The fourth-order valence-electron chi connectivity index (χ4n) is 2.02. The molecule has 1 saturated carbocycles. The van der Waals surface area contributed by atoms with Gasteiger partial charge >= 0.3 is 0 Å². The molecule has 2 rings (SSSR count). The molecule has 1 amide bonds. The van der Waals surface area contributed by atoms with Gasteiger partial charge in [0.25, 0.3) is 5.91 Å². The number of sulfonamides is 1. The Bertz CT molecular complexity index is 579. The average molecular weight is 298 g/mol. The lowest BCUT2D eigenvalue weighted by Gasteiger charge is -2.20. The van der Waals surface area contributed by atoms with Gasteiger partial charge in [-0.15, -0.1) is 0 Å². The van der Waals surface area contributed by atoms with Crippen LogP contribution < -0.4 is 5.32 Å². The maximum atomic E-state index is 12.5. The Hall–Kier alpha value is -1.44. The lowest BCUT2D eigenvalue weighted by molar-refractivity contribution is 0.0963. The van der Waals surface area contributed by atoms with Crippen LogP contribution in [0.1, 0.15) is 23.2 Å². The molecule has 2 N–H and O–H groups in total. The van der Waals surface area contributed by atoms with Crippen molar-refractivity contribution in [3.63, 3.8) is 0 Å². The molecule has 1 fully saturated rings. The summed E-state index contributed by atoms with van der Waals surface area (Å²) in [4.78, 5) is 11.6. The monoisotopic (exact) mass is 298 g/mol. The van der Waals surface area contributed by atoms with Gasteiger partial charge in [-0.25, -0.2) is 8.42 Å². The van der Waals surface area contributed by atoms with Gasteiger partial charge in [-0.05, 0) is 37.1 Å². The van der Waals surface area contributed by atoms with E-state index in [-0.39, 0.29) is 30.0 Å². The van der Waals surface area contributed by atoms with Crippen molar-refractivity contribution in [2.75, 3.05) is 20.2 Å². The Morgan fingerprint density at radius 1 is 1.35 bits per heavy atom. The summed E-state index contributed by atoms with van der Waals surface area (Å²) in [7, 11) is -2.09. The summed E-state index contributed by atoms with van der Waals surface area (Å²) in [6.45, 7) is -0.101. The first kappa shape index (κ1) is 15.0. The maximum absolute atomic E-state index is 12.5. The number of amides is 1. The number of carbonyl (C=O) groups excluding carboxylic acids is 1. The molecule has 0 saturated heterocycles. The number of nitrogens with one attached hydrogen (secondary N) is 1. The van der Waals surface area contributed by atoms with E-state index in [1.807, 2.05) is 0 Å². The number of benzene rings is 1. The zero-order chi connectivity index (χ0) is 14.8. The van der Waals surface area contributed by atoms with E-state index in [9.17, 15) is 13.2 Å². The minimum Gasteiger partial charge on any atom is -0.395 e. The van der Waals surface area contributed by atoms with Gasteiger partial charge in [0.05, 0.1) is 11.5 Å². The van der Waals surface area contributed by atoms with E-state index in [0.29, 0.717) is 5.56 Å². The van der Waals surface area contributed by atoms with Gasteiger partial charge in [-0.3, -0.25) is 4.79 Å². The van der Waals surface area contributed by atoms with Crippen LogP contribution in [0.4, 0.5) is 0 Å². The van der Waals surface area contributed by atoms with E-state index in [2.05, 4.69) is 5.32 Å². The van der Waals surface area contributed by atoms with Crippen LogP contribution in [0.3, 0.4) is 0 Å². The predicted octanol–water partition coefficient (Wildman–Crippen LogP) is 0.192. The molecule has 1 aromatic carbocycles. The first-order valence-corrected chi connectivity index (χ1v) is 7.89. The molecular formula is C13H18N2O4S. The van der Waals surface area contributed by atoms with Crippen LogP contribution in [-0.4, -0.2) is 50.0 Å². The van der Waals surface area contributed by atoms with Gasteiger partial charge < -0.3 is 10.4 Å². The van der Waals surface area contributed by atoms with Crippen LogP contribution in [0.15, 0.2) is 29.2 Å². The summed E-state index contributed by atoms with van der Waals surface area (Å²) in [6.07, 6.45) is 1.66. The van der Waals surface area contributed by atoms with Gasteiger partial charge in [0.15, 0.2) is 0 Å². The van der Waals surface area contributed by atoms with Crippen molar-refractivity contribution in [3.05, 3.63) is 29.8 Å². The molecular weight excluding hydrogens is 280 g/mol. The molecule has 0 atom stereocenters. The number of aliphatic hydroxyl groups excluding tert-OH is 1. The number of rotatable bonds is 6. The van der Waals surface area contributed by atoms with Gasteiger partial charge in [0.2, 0.25) is 10.0 Å². The van der Waals surface area contributed by atoms with E-state index in [1.165, 1.54) is 35.6 Å². The van der Waals surface area contributed by atoms with Gasteiger partial charge in [-0.2, -0.15) is 4.31 Å². The highest BCUT2D eigenvalue weighted by Crippen LogP contribution is 2.31. The van der Waals surface area contributed by atoms with E-state index < -0.39 is 10.0 Å². The molecule has 0 unspecified atom stereocenters. The van der Waals surface area contributed by atoms with Crippen molar-refractivity contribution in [1.29, 1.82) is 0 Å². The molecule has 1 aromatic rings. The van der Waals surface area contributed by atoms with E-state index in [0.717, 1.165) is 12.8 Å². The lowest BCUT2D eigenvalue weighted by atomic mass is 10.2. The normalized spacial score (nSPS) is 15.3. The van der Waals surface area contributed by atoms with Crippen molar-refractivity contribution in [2.45, 2.75) is 23.8 Å². The van der Waals surface area contributed by atoms with Crippen molar-refractivity contribution < 1.29 is 18.3 Å². The van der Waals surface area contributed by atoms with Crippen molar-refractivity contribution in [2.24, 2.45) is 0 Å². The molecule has 6 nitrogen and oxygen atoms in total. The zero-order valence-electron chi connectivity index (χ0n) is 11.2. The first-order valence-electron chi connectivity index (χ1n) is 6.45. The largest absolute Gasteiger partial charge is 0.395 e. The number of hydrogen-bond acceptors (Lipinski definition) is 4. The molecule has 0 heterocycles. The number of carbonyl (C=O) groups is 1. The molecule has 1 aliphatic carbocycles. The van der Waals surface area contributed by atoms with Gasteiger partial charge in [-0.1, -0.05) is 0 Å². The third-order valence-electron chi connectivity index (χ3n) is 3.22. The van der Waals surface area contributed by atoms with Gasteiger partial charge in [0, 0.05) is 25.2 Å². The molecule has 0 bridgehead atoms. The number of aliphatic hydroxyl groups is 1. The summed E-state index contributed by atoms with van der Waals surface area (Å²) in [5.41, 5.74) is 0.409. The highest BCUT2D eigenvalue weighted by atomic mass is 32.2. The molecule has 0 spiro atoms. The van der Waals surface area contributed by atoms with Gasteiger partial charge in [0.1, 0.15) is 0 Å². The maximum Gasteiger partial charge on any atom is 0.251 e. The molecule has 20 heavy (non-hydrogen) atoms. The molecule has 7 heteroatoms. The molecule has 110 valence electrons. The van der Waals surface area contributed by atoms with Crippen LogP contribution in [-0.2, 0) is 10.0 Å².